The zero-order valence-electron chi connectivity index (χ0n) is 10.0. The molecule has 0 heterocycles. The van der Waals surface area contributed by atoms with Crippen molar-refractivity contribution in [3.8, 4) is 0 Å². The normalized spacial score (nSPS) is 13.7. The van der Waals surface area contributed by atoms with E-state index in [2.05, 4.69) is 6.58 Å². The summed E-state index contributed by atoms with van der Waals surface area (Å²) in [6.45, 7) is 12.0. The maximum absolute atomic E-state index is 10.3. The SMILES string of the molecule is C=C(C)C(C)(C)C(O)c1ccccc1C. The molecule has 0 radical (unpaired) electrons. The second-order valence-electron chi connectivity index (χ2n) is 4.76. The van der Waals surface area contributed by atoms with Crippen molar-refractivity contribution >= 4 is 0 Å². The fraction of sp³-hybridized carbons (Fsp3) is 0.429. The molecule has 1 N–H and O–H groups in total. The molecule has 0 fully saturated rings. The van der Waals surface area contributed by atoms with Crippen LogP contribution in [-0.4, -0.2) is 5.11 Å². The van der Waals surface area contributed by atoms with E-state index in [4.69, 9.17) is 0 Å². The Balaban J connectivity index is 3.10. The Hall–Kier alpha value is -1.08. The van der Waals surface area contributed by atoms with Crippen molar-refractivity contribution in [3.63, 3.8) is 0 Å². The summed E-state index contributed by atoms with van der Waals surface area (Å²) in [4.78, 5) is 0. The zero-order valence-corrected chi connectivity index (χ0v) is 10.0. The van der Waals surface area contributed by atoms with Gasteiger partial charge in [0, 0.05) is 5.41 Å². The molecule has 0 amide bonds. The van der Waals surface area contributed by atoms with Gasteiger partial charge < -0.3 is 5.11 Å². The standard InChI is InChI=1S/C14H20O/c1-10(2)14(4,5)13(15)12-9-7-6-8-11(12)3/h6-9,13,15H,1H2,2-5H3. The van der Waals surface area contributed by atoms with Crippen LogP contribution >= 0.6 is 0 Å². The third-order valence-electron chi connectivity index (χ3n) is 3.27. The van der Waals surface area contributed by atoms with E-state index in [9.17, 15) is 5.11 Å². The van der Waals surface area contributed by atoms with Gasteiger partial charge >= 0.3 is 0 Å². The van der Waals surface area contributed by atoms with Crippen molar-refractivity contribution in [2.75, 3.05) is 0 Å². The molecule has 0 aliphatic heterocycles. The molecule has 0 bridgehead atoms. The lowest BCUT2D eigenvalue weighted by molar-refractivity contribution is 0.0741. The number of hydrogen-bond acceptors (Lipinski definition) is 1. The summed E-state index contributed by atoms with van der Waals surface area (Å²) in [7, 11) is 0. The molecule has 1 unspecified atom stereocenters. The highest BCUT2D eigenvalue weighted by Crippen LogP contribution is 2.39. The summed E-state index contributed by atoms with van der Waals surface area (Å²) in [5.41, 5.74) is 2.83. The molecule has 1 aromatic carbocycles. The quantitative estimate of drug-likeness (QED) is 0.745. The van der Waals surface area contributed by atoms with Crippen molar-refractivity contribution in [1.29, 1.82) is 0 Å². The van der Waals surface area contributed by atoms with E-state index < -0.39 is 6.10 Å². The molecule has 1 heteroatoms. The van der Waals surface area contributed by atoms with Gasteiger partial charge in [-0.1, -0.05) is 50.3 Å². The van der Waals surface area contributed by atoms with Crippen LogP contribution in [0.15, 0.2) is 36.4 Å². The Morgan fingerprint density at radius 2 is 1.87 bits per heavy atom. The molecule has 1 rings (SSSR count). The average Bonchev–Trinajstić information content (AvgIpc) is 2.17. The summed E-state index contributed by atoms with van der Waals surface area (Å²) in [5.74, 6) is 0. The van der Waals surface area contributed by atoms with Gasteiger partial charge in [-0.25, -0.2) is 0 Å². The third-order valence-corrected chi connectivity index (χ3v) is 3.27. The lowest BCUT2D eigenvalue weighted by Crippen LogP contribution is -2.23. The van der Waals surface area contributed by atoms with Gasteiger partial charge in [-0.2, -0.15) is 0 Å². The Labute approximate surface area is 92.5 Å². The van der Waals surface area contributed by atoms with E-state index in [1.54, 1.807) is 0 Å². The number of aliphatic hydroxyl groups excluding tert-OH is 1. The first kappa shape index (κ1) is 12.0. The minimum absolute atomic E-state index is 0.286. The molecule has 0 aliphatic carbocycles. The highest BCUT2D eigenvalue weighted by atomic mass is 16.3. The fourth-order valence-electron chi connectivity index (χ4n) is 1.52. The van der Waals surface area contributed by atoms with E-state index in [1.807, 2.05) is 52.0 Å². The van der Waals surface area contributed by atoms with Crippen molar-refractivity contribution < 1.29 is 5.11 Å². The van der Waals surface area contributed by atoms with Crippen LogP contribution in [0.25, 0.3) is 0 Å². The molecule has 1 nitrogen and oxygen atoms in total. The van der Waals surface area contributed by atoms with Crippen molar-refractivity contribution in [2.45, 2.75) is 33.8 Å². The van der Waals surface area contributed by atoms with Crippen LogP contribution in [0.3, 0.4) is 0 Å². The monoisotopic (exact) mass is 204 g/mol. The topological polar surface area (TPSA) is 20.2 Å². The summed E-state index contributed by atoms with van der Waals surface area (Å²) in [6, 6.07) is 7.94. The molecule has 0 saturated heterocycles. The lowest BCUT2D eigenvalue weighted by Gasteiger charge is -2.32. The Morgan fingerprint density at radius 3 is 2.33 bits per heavy atom. The molecule has 0 aromatic heterocycles. The summed E-state index contributed by atoms with van der Waals surface area (Å²) >= 11 is 0. The lowest BCUT2D eigenvalue weighted by atomic mass is 9.76. The molecular formula is C14H20O. The smallest absolute Gasteiger partial charge is 0.0880 e. The van der Waals surface area contributed by atoms with E-state index in [0.717, 1.165) is 16.7 Å². The van der Waals surface area contributed by atoms with E-state index >= 15 is 0 Å². The van der Waals surface area contributed by atoms with Gasteiger partial charge in [0.25, 0.3) is 0 Å². The Morgan fingerprint density at radius 1 is 1.33 bits per heavy atom. The zero-order chi connectivity index (χ0) is 11.6. The van der Waals surface area contributed by atoms with Crippen LogP contribution in [0.1, 0.15) is 38.0 Å². The fourth-order valence-corrected chi connectivity index (χ4v) is 1.52. The predicted molar refractivity (Wildman–Crippen MR) is 64.7 cm³/mol. The highest BCUT2D eigenvalue weighted by Gasteiger charge is 2.30. The van der Waals surface area contributed by atoms with Crippen LogP contribution in [0.2, 0.25) is 0 Å². The third kappa shape index (κ3) is 2.29. The van der Waals surface area contributed by atoms with Crippen LogP contribution in [-0.2, 0) is 0 Å². The number of aryl methyl sites for hydroxylation is 1. The van der Waals surface area contributed by atoms with Gasteiger partial charge in [-0.05, 0) is 25.0 Å². The summed E-state index contributed by atoms with van der Waals surface area (Å²) in [6.07, 6.45) is -0.490. The van der Waals surface area contributed by atoms with Crippen LogP contribution in [0.4, 0.5) is 0 Å². The van der Waals surface area contributed by atoms with E-state index in [-0.39, 0.29) is 5.41 Å². The molecule has 0 aliphatic rings. The summed E-state index contributed by atoms with van der Waals surface area (Å²) in [5, 5.41) is 10.3. The Bertz CT molecular complexity index is 363. The second-order valence-corrected chi connectivity index (χ2v) is 4.76. The maximum atomic E-state index is 10.3. The number of aliphatic hydroxyl groups is 1. The van der Waals surface area contributed by atoms with Gasteiger partial charge in [0.2, 0.25) is 0 Å². The van der Waals surface area contributed by atoms with E-state index in [1.165, 1.54) is 0 Å². The molecule has 15 heavy (non-hydrogen) atoms. The maximum Gasteiger partial charge on any atom is 0.0880 e. The van der Waals surface area contributed by atoms with Crippen LogP contribution in [0.5, 0.6) is 0 Å². The van der Waals surface area contributed by atoms with Crippen molar-refractivity contribution in [3.05, 3.63) is 47.5 Å². The first-order chi connectivity index (χ1) is 6.87. The second kappa shape index (κ2) is 4.19. The van der Waals surface area contributed by atoms with Crippen molar-refractivity contribution in [1.82, 2.24) is 0 Å². The van der Waals surface area contributed by atoms with Crippen LogP contribution < -0.4 is 0 Å². The largest absolute Gasteiger partial charge is 0.388 e. The molecular weight excluding hydrogens is 184 g/mol. The highest BCUT2D eigenvalue weighted by molar-refractivity contribution is 5.30. The van der Waals surface area contributed by atoms with Gasteiger partial charge in [-0.3, -0.25) is 0 Å². The van der Waals surface area contributed by atoms with E-state index in [0.29, 0.717) is 0 Å². The summed E-state index contributed by atoms with van der Waals surface area (Å²) < 4.78 is 0. The predicted octanol–water partition coefficient (Wildman–Crippen LogP) is 3.63. The average molecular weight is 204 g/mol. The first-order valence-electron chi connectivity index (χ1n) is 5.27. The number of hydrogen-bond donors (Lipinski definition) is 1. The van der Waals surface area contributed by atoms with Gasteiger partial charge in [-0.15, -0.1) is 0 Å². The number of rotatable bonds is 3. The van der Waals surface area contributed by atoms with Crippen LogP contribution in [0, 0.1) is 12.3 Å². The first-order valence-corrected chi connectivity index (χ1v) is 5.27. The molecule has 0 spiro atoms. The minimum Gasteiger partial charge on any atom is -0.388 e. The van der Waals surface area contributed by atoms with Gasteiger partial charge in [0.1, 0.15) is 0 Å². The van der Waals surface area contributed by atoms with Gasteiger partial charge in [0.05, 0.1) is 6.10 Å². The molecule has 0 saturated carbocycles. The Kier molecular flexibility index (Phi) is 3.35. The minimum atomic E-state index is -0.490. The molecule has 1 aromatic rings. The molecule has 1 atom stereocenters. The van der Waals surface area contributed by atoms with Crippen molar-refractivity contribution in [2.24, 2.45) is 5.41 Å². The van der Waals surface area contributed by atoms with Gasteiger partial charge in [0.15, 0.2) is 0 Å². The number of benzene rings is 1. The molecule has 82 valence electrons.